The fraction of sp³-hybridized carbons (Fsp3) is 0.391. The van der Waals surface area contributed by atoms with Crippen molar-refractivity contribution in [1.29, 1.82) is 0 Å². The topological polar surface area (TPSA) is 83.5 Å². The van der Waals surface area contributed by atoms with Gasteiger partial charge in [0.2, 0.25) is 11.8 Å². The van der Waals surface area contributed by atoms with Crippen molar-refractivity contribution in [3.8, 4) is 0 Å². The minimum Gasteiger partial charge on any atom is -0.325 e. The van der Waals surface area contributed by atoms with Crippen LogP contribution in [0.3, 0.4) is 0 Å². The summed E-state index contributed by atoms with van der Waals surface area (Å²) in [5, 5.41) is 3.94. The Hall–Kier alpha value is -1.80. The number of anilines is 2. The van der Waals surface area contributed by atoms with Crippen LogP contribution in [-0.2, 0) is 25.8 Å². The van der Waals surface area contributed by atoms with Crippen molar-refractivity contribution < 1.29 is 18.0 Å². The summed E-state index contributed by atoms with van der Waals surface area (Å²) in [5.74, 6) is -0.870. The van der Waals surface area contributed by atoms with Gasteiger partial charge < -0.3 is 10.2 Å². The van der Waals surface area contributed by atoms with E-state index in [4.69, 9.17) is 34.8 Å². The second-order valence-electron chi connectivity index (χ2n) is 8.60. The highest BCUT2D eigenvalue weighted by atomic mass is 35.5. The summed E-state index contributed by atoms with van der Waals surface area (Å²) in [6.45, 7) is 0.586. The Labute approximate surface area is 208 Å². The largest absolute Gasteiger partial charge is 0.325 e. The molecule has 33 heavy (non-hydrogen) atoms. The summed E-state index contributed by atoms with van der Waals surface area (Å²) in [6.07, 6.45) is 4.35. The van der Waals surface area contributed by atoms with Gasteiger partial charge in [-0.2, -0.15) is 0 Å². The van der Waals surface area contributed by atoms with Gasteiger partial charge in [-0.1, -0.05) is 34.8 Å². The van der Waals surface area contributed by atoms with Gasteiger partial charge >= 0.3 is 0 Å². The Morgan fingerprint density at radius 1 is 1.03 bits per heavy atom. The van der Waals surface area contributed by atoms with E-state index in [2.05, 4.69) is 5.32 Å². The molecular formula is C23H23Cl3N2O4S. The van der Waals surface area contributed by atoms with Crippen molar-refractivity contribution in [3.63, 3.8) is 0 Å². The normalized spacial score (nSPS) is 20.4. The van der Waals surface area contributed by atoms with Crippen molar-refractivity contribution in [2.45, 2.75) is 37.0 Å². The molecule has 1 N–H and O–H groups in total. The number of aryl methyl sites for hydroxylation is 1. The molecule has 0 bridgehead atoms. The number of fused-ring (bicyclic) bond motifs is 1. The van der Waals surface area contributed by atoms with Crippen molar-refractivity contribution in [2.24, 2.45) is 11.8 Å². The van der Waals surface area contributed by atoms with Crippen LogP contribution in [0.2, 0.25) is 15.1 Å². The summed E-state index contributed by atoms with van der Waals surface area (Å²) < 4.78 is 23.4. The van der Waals surface area contributed by atoms with Gasteiger partial charge in [-0.15, -0.1) is 0 Å². The number of nitrogens with one attached hydrogen (secondary N) is 1. The first-order valence-electron chi connectivity index (χ1n) is 10.6. The van der Waals surface area contributed by atoms with Crippen LogP contribution in [0, 0.1) is 11.8 Å². The summed E-state index contributed by atoms with van der Waals surface area (Å²) in [6, 6.07) is 7.70. The first-order chi connectivity index (χ1) is 15.5. The van der Waals surface area contributed by atoms with E-state index in [0.717, 1.165) is 30.3 Å². The number of hydrogen-bond donors (Lipinski definition) is 1. The molecule has 1 heterocycles. The maximum Gasteiger partial charge on any atom is 0.230 e. The Morgan fingerprint density at radius 3 is 2.45 bits per heavy atom. The Kier molecular flexibility index (Phi) is 6.97. The number of nitrogens with zero attached hydrogens (tertiary/aromatic N) is 1. The lowest BCUT2D eigenvalue weighted by molar-refractivity contribution is -0.122. The van der Waals surface area contributed by atoms with E-state index in [9.17, 15) is 18.0 Å². The van der Waals surface area contributed by atoms with E-state index >= 15 is 0 Å². The lowest BCUT2D eigenvalue weighted by Crippen LogP contribution is -2.39. The van der Waals surface area contributed by atoms with Crippen LogP contribution in [-0.4, -0.2) is 33.0 Å². The van der Waals surface area contributed by atoms with Crippen molar-refractivity contribution in [3.05, 3.63) is 51.0 Å². The quantitative estimate of drug-likeness (QED) is 0.576. The minimum absolute atomic E-state index is 0.0222. The van der Waals surface area contributed by atoms with Crippen LogP contribution in [0.15, 0.2) is 35.2 Å². The summed E-state index contributed by atoms with van der Waals surface area (Å²) in [4.78, 5) is 28.0. The molecular weight excluding hydrogens is 507 g/mol. The third-order valence-electron chi connectivity index (χ3n) is 6.25. The number of benzene rings is 2. The predicted molar refractivity (Wildman–Crippen MR) is 131 cm³/mol. The van der Waals surface area contributed by atoms with Gasteiger partial charge in [-0.25, -0.2) is 8.42 Å². The van der Waals surface area contributed by atoms with Crippen LogP contribution in [0.1, 0.15) is 31.2 Å². The van der Waals surface area contributed by atoms with Gasteiger partial charge in [0.05, 0.1) is 26.3 Å². The van der Waals surface area contributed by atoms with E-state index in [-0.39, 0.29) is 33.6 Å². The molecule has 2 aliphatic rings. The zero-order valence-electron chi connectivity index (χ0n) is 17.9. The SMILES string of the molecule is CS(=O)(=O)c1ccc(NC(=O)[C@@H]2CC[C@H](C(=O)N3CCCc4cc(Cl)cc(Cl)c43)C2)c(Cl)c1. The number of carbonyl (C=O) groups is 2. The molecule has 0 spiro atoms. The molecule has 0 saturated heterocycles. The Morgan fingerprint density at radius 2 is 1.76 bits per heavy atom. The molecule has 1 aliphatic heterocycles. The second-order valence-corrected chi connectivity index (χ2v) is 11.9. The molecule has 2 aromatic rings. The molecule has 0 aromatic heterocycles. The summed E-state index contributed by atoms with van der Waals surface area (Å²) in [7, 11) is -3.40. The van der Waals surface area contributed by atoms with Crippen LogP contribution >= 0.6 is 34.8 Å². The molecule has 2 atom stereocenters. The van der Waals surface area contributed by atoms with Gasteiger partial charge in [0, 0.05) is 29.7 Å². The van der Waals surface area contributed by atoms with Crippen LogP contribution < -0.4 is 10.2 Å². The Balaban J connectivity index is 1.44. The van der Waals surface area contributed by atoms with E-state index in [1.165, 1.54) is 18.2 Å². The number of sulfone groups is 1. The maximum atomic E-state index is 13.3. The highest BCUT2D eigenvalue weighted by Crippen LogP contribution is 2.40. The van der Waals surface area contributed by atoms with E-state index < -0.39 is 9.84 Å². The molecule has 176 valence electrons. The van der Waals surface area contributed by atoms with E-state index in [1.807, 2.05) is 6.07 Å². The minimum atomic E-state index is -3.40. The fourth-order valence-corrected chi connectivity index (χ4v) is 6.18. The van der Waals surface area contributed by atoms with Crippen LogP contribution in [0.5, 0.6) is 0 Å². The molecule has 6 nitrogen and oxygen atoms in total. The zero-order valence-corrected chi connectivity index (χ0v) is 21.0. The van der Waals surface area contributed by atoms with Crippen molar-refractivity contribution in [2.75, 3.05) is 23.0 Å². The highest BCUT2D eigenvalue weighted by Gasteiger charge is 2.38. The van der Waals surface area contributed by atoms with E-state index in [1.54, 1.807) is 11.0 Å². The third kappa shape index (κ3) is 5.16. The molecule has 4 rings (SSSR count). The fourth-order valence-electron chi connectivity index (χ4n) is 4.60. The number of carbonyl (C=O) groups excluding carboxylic acids is 2. The first kappa shape index (κ1) is 24.3. The van der Waals surface area contributed by atoms with Gasteiger partial charge in [0.15, 0.2) is 9.84 Å². The lowest BCUT2D eigenvalue weighted by atomic mass is 9.97. The molecule has 0 unspecified atom stereocenters. The van der Waals surface area contributed by atoms with Crippen LogP contribution in [0.25, 0.3) is 0 Å². The molecule has 10 heteroatoms. The maximum absolute atomic E-state index is 13.3. The second kappa shape index (κ2) is 9.45. The molecule has 2 aromatic carbocycles. The number of rotatable bonds is 4. The summed E-state index contributed by atoms with van der Waals surface area (Å²) in [5.41, 5.74) is 2.03. The predicted octanol–water partition coefficient (Wildman–Crippen LogP) is 5.38. The van der Waals surface area contributed by atoms with Crippen molar-refractivity contribution in [1.82, 2.24) is 0 Å². The van der Waals surface area contributed by atoms with Gasteiger partial charge in [0.25, 0.3) is 0 Å². The van der Waals surface area contributed by atoms with E-state index in [0.29, 0.717) is 41.5 Å². The number of hydrogen-bond acceptors (Lipinski definition) is 4. The Bertz CT molecular complexity index is 1230. The molecule has 1 aliphatic carbocycles. The van der Waals surface area contributed by atoms with Crippen molar-refractivity contribution >= 4 is 67.8 Å². The third-order valence-corrected chi connectivity index (χ3v) is 8.18. The lowest BCUT2D eigenvalue weighted by Gasteiger charge is -2.32. The standard InChI is InChI=1S/C23H23Cl3N2O4S/c1-33(31,32)17-6-7-20(18(25)12-17)27-22(29)14-4-5-15(9-14)23(30)28-8-2-3-13-10-16(24)11-19(26)21(13)28/h6-7,10-12,14-15H,2-5,8-9H2,1H3,(H,27,29)/t14-,15+/m1/s1. The van der Waals surface area contributed by atoms with Gasteiger partial charge in [-0.3, -0.25) is 9.59 Å². The molecule has 1 saturated carbocycles. The van der Waals surface area contributed by atoms with Gasteiger partial charge in [-0.05, 0) is 68.0 Å². The molecule has 1 fully saturated rings. The molecule has 0 radical (unpaired) electrons. The first-order valence-corrected chi connectivity index (χ1v) is 13.7. The highest BCUT2D eigenvalue weighted by molar-refractivity contribution is 7.90. The van der Waals surface area contributed by atoms with Crippen LogP contribution in [0.4, 0.5) is 11.4 Å². The zero-order chi connectivity index (χ0) is 23.9. The monoisotopic (exact) mass is 528 g/mol. The summed E-state index contributed by atoms with van der Waals surface area (Å²) >= 11 is 18.7. The number of amides is 2. The average molecular weight is 530 g/mol. The average Bonchev–Trinajstić information content (AvgIpc) is 3.23. The van der Waals surface area contributed by atoms with Gasteiger partial charge in [0.1, 0.15) is 0 Å². The molecule has 2 amide bonds. The number of halogens is 3. The smallest absolute Gasteiger partial charge is 0.230 e.